The number of carbonyl (C=O) groups excluding carboxylic acids is 2. The summed E-state index contributed by atoms with van der Waals surface area (Å²) in [6.45, 7) is 2.27. The minimum Gasteiger partial charge on any atom is -0.468 e. The molecule has 2 heterocycles. The summed E-state index contributed by atoms with van der Waals surface area (Å²) >= 11 is 13.7. The van der Waals surface area contributed by atoms with Gasteiger partial charge in [-0.1, -0.05) is 47.9 Å². The zero-order valence-electron chi connectivity index (χ0n) is 19.7. The summed E-state index contributed by atoms with van der Waals surface area (Å²) in [5.41, 5.74) is 0.686. The van der Waals surface area contributed by atoms with Gasteiger partial charge in [-0.25, -0.2) is 8.42 Å². The van der Waals surface area contributed by atoms with E-state index in [1.54, 1.807) is 16.4 Å². The van der Waals surface area contributed by atoms with Gasteiger partial charge in [0, 0.05) is 18.2 Å². The molecule has 0 saturated carbocycles. The standard InChI is InChI=1S/C24H25Cl2N3O5S2/c1-3-16-6-4-5-13-29(16)36(32,33)17-9-7-15(8-10-17)23(31)27-24-28(14-20(30)34-2)22-19(35-24)12-11-18(25)21(22)26/h7-12,16H,3-6,13-14H2,1-2H3. The molecule has 1 aliphatic rings. The van der Waals surface area contributed by atoms with Gasteiger partial charge in [0.1, 0.15) is 6.54 Å². The second-order valence-electron chi connectivity index (χ2n) is 8.37. The van der Waals surface area contributed by atoms with Gasteiger partial charge in [0.05, 0.1) is 32.3 Å². The van der Waals surface area contributed by atoms with Crippen LogP contribution in [0, 0.1) is 0 Å². The SMILES string of the molecule is CCC1CCCCN1S(=O)(=O)c1ccc(C(=O)N=c2sc3ccc(Cl)c(Cl)c3n2CC(=O)OC)cc1. The lowest BCUT2D eigenvalue weighted by atomic mass is 10.0. The Morgan fingerprint density at radius 3 is 2.53 bits per heavy atom. The molecule has 4 rings (SSSR count). The number of rotatable bonds is 6. The van der Waals surface area contributed by atoms with E-state index in [0.717, 1.165) is 25.7 Å². The number of ether oxygens (including phenoxy) is 1. The van der Waals surface area contributed by atoms with E-state index in [0.29, 0.717) is 21.8 Å². The number of esters is 1. The summed E-state index contributed by atoms with van der Waals surface area (Å²) in [4.78, 5) is 29.6. The molecule has 0 N–H and O–H groups in total. The summed E-state index contributed by atoms with van der Waals surface area (Å²) in [5.74, 6) is -1.13. The number of sulfonamides is 1. The zero-order chi connectivity index (χ0) is 26.0. The first-order valence-corrected chi connectivity index (χ1v) is 14.4. The first kappa shape index (κ1) is 26.8. The van der Waals surface area contributed by atoms with Gasteiger partial charge in [-0.05, 0) is 55.7 Å². The number of amides is 1. The van der Waals surface area contributed by atoms with Gasteiger partial charge < -0.3 is 9.30 Å². The highest BCUT2D eigenvalue weighted by atomic mass is 35.5. The molecule has 1 amide bonds. The maximum absolute atomic E-state index is 13.2. The van der Waals surface area contributed by atoms with Crippen molar-refractivity contribution in [2.75, 3.05) is 13.7 Å². The number of methoxy groups -OCH3 is 1. The summed E-state index contributed by atoms with van der Waals surface area (Å²) in [6, 6.07) is 9.11. The number of halogens is 2. The lowest BCUT2D eigenvalue weighted by Crippen LogP contribution is -2.43. The van der Waals surface area contributed by atoms with Crippen LogP contribution in [0.5, 0.6) is 0 Å². The van der Waals surface area contributed by atoms with Crippen LogP contribution < -0.4 is 4.80 Å². The highest BCUT2D eigenvalue weighted by molar-refractivity contribution is 7.89. The van der Waals surface area contributed by atoms with Crippen molar-refractivity contribution >= 4 is 66.7 Å². The number of hydrogen-bond acceptors (Lipinski definition) is 6. The van der Waals surface area contributed by atoms with E-state index in [4.69, 9.17) is 27.9 Å². The number of aromatic nitrogens is 1. The minimum absolute atomic E-state index is 0.0152. The third-order valence-electron chi connectivity index (χ3n) is 6.20. The van der Waals surface area contributed by atoms with E-state index in [1.807, 2.05) is 6.92 Å². The van der Waals surface area contributed by atoms with E-state index >= 15 is 0 Å². The topological polar surface area (TPSA) is 98.0 Å². The summed E-state index contributed by atoms with van der Waals surface area (Å²) in [6.07, 6.45) is 3.46. The molecule has 0 aliphatic carbocycles. The fraction of sp³-hybridized carbons (Fsp3) is 0.375. The summed E-state index contributed by atoms with van der Waals surface area (Å²) in [7, 11) is -2.40. The monoisotopic (exact) mass is 569 g/mol. The summed E-state index contributed by atoms with van der Waals surface area (Å²) in [5, 5.41) is 0.537. The Kier molecular flexibility index (Phi) is 8.21. The van der Waals surface area contributed by atoms with Gasteiger partial charge in [0.15, 0.2) is 4.80 Å². The van der Waals surface area contributed by atoms with Crippen LogP contribution in [0.3, 0.4) is 0 Å². The Balaban J connectivity index is 1.69. The van der Waals surface area contributed by atoms with Crippen LogP contribution >= 0.6 is 34.5 Å². The van der Waals surface area contributed by atoms with Crippen molar-refractivity contribution in [1.29, 1.82) is 0 Å². The van der Waals surface area contributed by atoms with Crippen LogP contribution in [0.15, 0.2) is 46.3 Å². The Bertz CT molecular complexity index is 1480. The average Bonchev–Trinajstić information content (AvgIpc) is 3.23. The molecule has 8 nitrogen and oxygen atoms in total. The van der Waals surface area contributed by atoms with Crippen LogP contribution in [0.2, 0.25) is 10.0 Å². The molecule has 2 aromatic carbocycles. The molecule has 1 aromatic heterocycles. The molecule has 192 valence electrons. The quantitative estimate of drug-likeness (QED) is 0.394. The van der Waals surface area contributed by atoms with Gasteiger partial charge in [-0.2, -0.15) is 9.30 Å². The molecular formula is C24H25Cl2N3O5S2. The lowest BCUT2D eigenvalue weighted by molar-refractivity contribution is -0.141. The van der Waals surface area contributed by atoms with Crippen molar-refractivity contribution in [2.24, 2.45) is 4.99 Å². The third-order valence-corrected chi connectivity index (χ3v) is 10.0. The van der Waals surface area contributed by atoms with Crippen molar-refractivity contribution in [3.8, 4) is 0 Å². The number of carbonyl (C=O) groups is 2. The van der Waals surface area contributed by atoms with Gasteiger partial charge in [0.25, 0.3) is 5.91 Å². The van der Waals surface area contributed by atoms with Crippen molar-refractivity contribution in [3.63, 3.8) is 0 Å². The number of hydrogen-bond donors (Lipinski definition) is 0. The van der Waals surface area contributed by atoms with Crippen LogP contribution in [0.4, 0.5) is 0 Å². The van der Waals surface area contributed by atoms with Crippen LogP contribution in [0.25, 0.3) is 10.2 Å². The lowest BCUT2D eigenvalue weighted by Gasteiger charge is -2.34. The number of thiazole rings is 1. The molecule has 3 aromatic rings. The largest absolute Gasteiger partial charge is 0.468 e. The summed E-state index contributed by atoms with van der Waals surface area (Å²) < 4.78 is 34.9. The molecule has 1 aliphatic heterocycles. The molecule has 36 heavy (non-hydrogen) atoms. The Labute approximate surface area is 223 Å². The number of piperidine rings is 1. The number of nitrogens with zero attached hydrogens (tertiary/aromatic N) is 3. The smallest absolute Gasteiger partial charge is 0.325 e. The van der Waals surface area contributed by atoms with Gasteiger partial charge in [0.2, 0.25) is 10.0 Å². The maximum Gasteiger partial charge on any atom is 0.325 e. The molecule has 1 atom stereocenters. The Morgan fingerprint density at radius 2 is 1.86 bits per heavy atom. The second kappa shape index (κ2) is 11.0. The molecule has 12 heteroatoms. The fourth-order valence-corrected chi connectivity index (χ4v) is 7.56. The van der Waals surface area contributed by atoms with Crippen molar-refractivity contribution in [3.05, 3.63) is 56.8 Å². The first-order chi connectivity index (χ1) is 17.2. The highest BCUT2D eigenvalue weighted by Crippen LogP contribution is 2.32. The maximum atomic E-state index is 13.2. The third kappa shape index (κ3) is 5.24. The van der Waals surface area contributed by atoms with Crippen molar-refractivity contribution < 1.29 is 22.7 Å². The van der Waals surface area contributed by atoms with Crippen LogP contribution in [0.1, 0.15) is 43.0 Å². The highest BCUT2D eigenvalue weighted by Gasteiger charge is 2.32. The molecule has 1 unspecified atom stereocenters. The van der Waals surface area contributed by atoms with E-state index in [2.05, 4.69) is 4.99 Å². The molecule has 1 fully saturated rings. The van der Waals surface area contributed by atoms with E-state index < -0.39 is 21.9 Å². The van der Waals surface area contributed by atoms with Crippen molar-refractivity contribution in [1.82, 2.24) is 8.87 Å². The van der Waals surface area contributed by atoms with Crippen LogP contribution in [-0.4, -0.2) is 48.9 Å². The first-order valence-electron chi connectivity index (χ1n) is 11.4. The van der Waals surface area contributed by atoms with Gasteiger partial charge in [-0.3, -0.25) is 9.59 Å². The number of fused-ring (bicyclic) bond motifs is 1. The minimum atomic E-state index is -3.66. The predicted molar refractivity (Wildman–Crippen MR) is 140 cm³/mol. The number of benzene rings is 2. The van der Waals surface area contributed by atoms with Crippen LogP contribution in [-0.2, 0) is 26.1 Å². The van der Waals surface area contributed by atoms with Gasteiger partial charge >= 0.3 is 5.97 Å². The predicted octanol–water partition coefficient (Wildman–Crippen LogP) is 4.88. The second-order valence-corrected chi connectivity index (χ2v) is 12.1. The Hall–Kier alpha value is -2.24. The zero-order valence-corrected chi connectivity index (χ0v) is 22.9. The fourth-order valence-electron chi connectivity index (χ4n) is 4.28. The van der Waals surface area contributed by atoms with E-state index in [1.165, 1.54) is 47.3 Å². The molecule has 0 radical (unpaired) electrons. The molecule has 0 spiro atoms. The molecule has 0 bridgehead atoms. The van der Waals surface area contributed by atoms with E-state index in [9.17, 15) is 18.0 Å². The Morgan fingerprint density at radius 1 is 1.14 bits per heavy atom. The average molecular weight is 571 g/mol. The molecular weight excluding hydrogens is 545 g/mol. The van der Waals surface area contributed by atoms with Crippen molar-refractivity contribution in [2.45, 2.75) is 50.1 Å². The van der Waals surface area contributed by atoms with Gasteiger partial charge in [-0.15, -0.1) is 0 Å². The normalized spacial score (nSPS) is 17.4. The van der Waals surface area contributed by atoms with E-state index in [-0.39, 0.29) is 32.9 Å². The molecule has 1 saturated heterocycles.